The molecule has 3 nitrogen and oxygen atoms in total. The van der Waals surface area contributed by atoms with Gasteiger partial charge in [-0.25, -0.2) is 9.97 Å². The van der Waals surface area contributed by atoms with E-state index in [1.54, 1.807) is 0 Å². The molecule has 0 saturated heterocycles. The summed E-state index contributed by atoms with van der Waals surface area (Å²) >= 11 is 0. The quantitative estimate of drug-likeness (QED) is 0.368. The van der Waals surface area contributed by atoms with Gasteiger partial charge in [-0.3, -0.25) is 4.98 Å². The Hall–Kier alpha value is -3.33. The van der Waals surface area contributed by atoms with Gasteiger partial charge in [0.15, 0.2) is 5.82 Å². The fraction of sp³-hybridized carbons (Fsp3) is 0.222. The fourth-order valence-electron chi connectivity index (χ4n) is 2.95. The molecule has 4 aromatic rings. The molecule has 0 spiro atoms. The van der Waals surface area contributed by atoms with Gasteiger partial charge in [-0.1, -0.05) is 88.4 Å². The molecule has 3 heteroatoms. The van der Waals surface area contributed by atoms with Gasteiger partial charge in [0.2, 0.25) is 0 Å². The van der Waals surface area contributed by atoms with Crippen LogP contribution in [0.1, 0.15) is 50.8 Å². The van der Waals surface area contributed by atoms with Gasteiger partial charge in [-0.2, -0.15) is 0 Å². The number of hydrogen-bond donors (Lipinski definition) is 0. The van der Waals surface area contributed by atoms with Crippen molar-refractivity contribution >= 4 is 0 Å². The predicted octanol–water partition coefficient (Wildman–Crippen LogP) is 7.14. The highest BCUT2D eigenvalue weighted by atomic mass is 14.9. The second-order valence-electron chi connectivity index (χ2n) is 7.85. The fourth-order valence-corrected chi connectivity index (χ4v) is 2.95. The van der Waals surface area contributed by atoms with E-state index in [9.17, 15) is 0 Å². The predicted molar refractivity (Wildman–Crippen MR) is 125 cm³/mol. The van der Waals surface area contributed by atoms with Crippen LogP contribution in [0.3, 0.4) is 0 Å². The molecule has 0 amide bonds. The summed E-state index contributed by atoms with van der Waals surface area (Å²) in [4.78, 5) is 13.1. The van der Waals surface area contributed by atoms with E-state index in [2.05, 4.69) is 79.0 Å². The van der Waals surface area contributed by atoms with Crippen LogP contribution in [0, 0.1) is 0 Å². The lowest BCUT2D eigenvalue weighted by Crippen LogP contribution is -1.93. The molecule has 0 saturated carbocycles. The molecule has 2 aromatic carbocycles. The molecule has 0 aliphatic rings. The zero-order valence-electron chi connectivity index (χ0n) is 18.2. The molecule has 0 radical (unpaired) electrons. The second-order valence-corrected chi connectivity index (χ2v) is 7.85. The SMILES string of the molecule is CC(C)c1cc(-c2ccccc2)ccn1.CC(C)c1cnc(-c2ccccc2)nc1. The monoisotopic (exact) mass is 395 g/mol. The largest absolute Gasteiger partial charge is 0.261 e. The van der Waals surface area contributed by atoms with Gasteiger partial charge in [-0.15, -0.1) is 0 Å². The van der Waals surface area contributed by atoms with Gasteiger partial charge in [0.1, 0.15) is 0 Å². The van der Waals surface area contributed by atoms with Crippen LogP contribution in [0.5, 0.6) is 0 Å². The van der Waals surface area contributed by atoms with Gasteiger partial charge >= 0.3 is 0 Å². The maximum atomic E-state index is 4.36. The summed E-state index contributed by atoms with van der Waals surface area (Å²) in [5, 5.41) is 0. The Labute approximate surface area is 179 Å². The number of pyridine rings is 1. The van der Waals surface area contributed by atoms with E-state index in [4.69, 9.17) is 0 Å². The van der Waals surface area contributed by atoms with E-state index < -0.39 is 0 Å². The molecule has 0 unspecified atom stereocenters. The molecular weight excluding hydrogens is 366 g/mol. The number of nitrogens with zero attached hydrogens (tertiary/aromatic N) is 3. The van der Waals surface area contributed by atoms with E-state index in [1.807, 2.05) is 55.0 Å². The van der Waals surface area contributed by atoms with Crippen molar-refractivity contribution in [2.45, 2.75) is 39.5 Å². The zero-order valence-corrected chi connectivity index (χ0v) is 18.2. The molecule has 30 heavy (non-hydrogen) atoms. The average molecular weight is 396 g/mol. The molecule has 2 aromatic heterocycles. The van der Waals surface area contributed by atoms with Crippen LogP contribution < -0.4 is 0 Å². The normalized spacial score (nSPS) is 10.6. The number of rotatable bonds is 4. The van der Waals surface area contributed by atoms with Gasteiger partial charge in [0, 0.05) is 29.8 Å². The number of aromatic nitrogens is 3. The first-order valence-electron chi connectivity index (χ1n) is 10.4. The Kier molecular flexibility index (Phi) is 7.45. The topological polar surface area (TPSA) is 38.7 Å². The van der Waals surface area contributed by atoms with Crippen molar-refractivity contribution in [3.05, 3.63) is 103 Å². The molecule has 0 aliphatic heterocycles. The first kappa shape index (κ1) is 21.4. The summed E-state index contributed by atoms with van der Waals surface area (Å²) in [5.41, 5.74) is 5.88. The van der Waals surface area contributed by atoms with Crippen molar-refractivity contribution in [1.82, 2.24) is 15.0 Å². The van der Waals surface area contributed by atoms with Gasteiger partial charge in [0.05, 0.1) is 0 Å². The van der Waals surface area contributed by atoms with E-state index in [0.29, 0.717) is 11.8 Å². The molecule has 0 N–H and O–H groups in total. The van der Waals surface area contributed by atoms with Crippen LogP contribution in [0.2, 0.25) is 0 Å². The molecule has 2 heterocycles. The number of benzene rings is 2. The van der Waals surface area contributed by atoms with Crippen molar-refractivity contribution < 1.29 is 0 Å². The van der Waals surface area contributed by atoms with Crippen molar-refractivity contribution in [3.8, 4) is 22.5 Å². The van der Waals surface area contributed by atoms with Crippen molar-refractivity contribution in [2.24, 2.45) is 0 Å². The highest BCUT2D eigenvalue weighted by molar-refractivity contribution is 5.63. The van der Waals surface area contributed by atoms with Gasteiger partial charge in [-0.05, 0) is 40.7 Å². The Balaban J connectivity index is 0.000000171. The van der Waals surface area contributed by atoms with Crippen LogP contribution in [-0.2, 0) is 0 Å². The summed E-state index contributed by atoms with van der Waals surface area (Å²) in [6, 6.07) is 24.6. The first-order valence-corrected chi connectivity index (χ1v) is 10.4. The third kappa shape index (κ3) is 5.84. The minimum absolute atomic E-state index is 0.480. The highest BCUT2D eigenvalue weighted by Gasteiger charge is 2.03. The van der Waals surface area contributed by atoms with Crippen molar-refractivity contribution in [3.63, 3.8) is 0 Å². The minimum Gasteiger partial charge on any atom is -0.261 e. The van der Waals surface area contributed by atoms with Crippen LogP contribution in [0.15, 0.2) is 91.4 Å². The Morgan fingerprint density at radius 2 is 1.13 bits per heavy atom. The lowest BCUT2D eigenvalue weighted by Gasteiger charge is -2.06. The lowest BCUT2D eigenvalue weighted by atomic mass is 10.0. The molecular formula is C27H29N3. The van der Waals surface area contributed by atoms with Gasteiger partial charge in [0.25, 0.3) is 0 Å². The first-order chi connectivity index (χ1) is 14.5. The summed E-state index contributed by atoms with van der Waals surface area (Å²) in [6.07, 6.45) is 5.69. The van der Waals surface area contributed by atoms with Crippen LogP contribution >= 0.6 is 0 Å². The van der Waals surface area contributed by atoms with E-state index >= 15 is 0 Å². The molecule has 0 bridgehead atoms. The van der Waals surface area contributed by atoms with E-state index in [-0.39, 0.29) is 0 Å². The molecule has 4 rings (SSSR count). The third-order valence-corrected chi connectivity index (χ3v) is 4.85. The number of hydrogen-bond acceptors (Lipinski definition) is 3. The third-order valence-electron chi connectivity index (χ3n) is 4.85. The van der Waals surface area contributed by atoms with Crippen molar-refractivity contribution in [2.75, 3.05) is 0 Å². The van der Waals surface area contributed by atoms with Crippen LogP contribution in [-0.4, -0.2) is 15.0 Å². The average Bonchev–Trinajstić information content (AvgIpc) is 2.81. The highest BCUT2D eigenvalue weighted by Crippen LogP contribution is 2.21. The summed E-state index contributed by atoms with van der Waals surface area (Å²) in [5.74, 6) is 1.75. The Morgan fingerprint density at radius 3 is 1.67 bits per heavy atom. The molecule has 0 atom stereocenters. The second kappa shape index (κ2) is 10.4. The van der Waals surface area contributed by atoms with Gasteiger partial charge < -0.3 is 0 Å². The smallest absolute Gasteiger partial charge is 0.159 e. The maximum Gasteiger partial charge on any atom is 0.159 e. The Morgan fingerprint density at radius 1 is 0.567 bits per heavy atom. The molecule has 0 aliphatic carbocycles. The Bertz CT molecular complexity index is 1020. The van der Waals surface area contributed by atoms with E-state index in [1.165, 1.54) is 16.7 Å². The molecule has 152 valence electrons. The summed E-state index contributed by atoms with van der Waals surface area (Å²) in [7, 11) is 0. The summed E-state index contributed by atoms with van der Waals surface area (Å²) in [6.45, 7) is 8.61. The molecule has 0 fully saturated rings. The van der Waals surface area contributed by atoms with Crippen LogP contribution in [0.4, 0.5) is 0 Å². The summed E-state index contributed by atoms with van der Waals surface area (Å²) < 4.78 is 0. The van der Waals surface area contributed by atoms with Crippen LogP contribution in [0.25, 0.3) is 22.5 Å². The lowest BCUT2D eigenvalue weighted by molar-refractivity contribution is 0.823. The van der Waals surface area contributed by atoms with E-state index in [0.717, 1.165) is 17.1 Å². The minimum atomic E-state index is 0.480. The standard InChI is InChI=1S/C14H15N.C13H14N2/c1-11(2)14-10-13(8-9-15-14)12-6-4-3-5-7-12;1-10(2)12-8-14-13(15-9-12)11-6-4-3-5-7-11/h3-11H,1-2H3;3-10H,1-2H3. The maximum absolute atomic E-state index is 4.36. The zero-order chi connectivity index (χ0) is 21.3. The van der Waals surface area contributed by atoms with Crippen molar-refractivity contribution in [1.29, 1.82) is 0 Å².